The quantitative estimate of drug-likeness (QED) is 0.635. The molecular weight excluding hydrogens is 381 g/mol. The molecule has 3 rings (SSSR count). The Hall–Kier alpha value is -1.71. The molecule has 1 atom stereocenters. The number of hydrogen-bond donors (Lipinski definition) is 0. The Morgan fingerprint density at radius 2 is 2.00 bits per heavy atom. The Kier molecular flexibility index (Phi) is 6.67. The molecule has 1 aliphatic rings. The molecule has 0 spiro atoms. The molecule has 0 N–H and O–H groups in total. The zero-order chi connectivity index (χ0) is 19.4. The van der Waals surface area contributed by atoms with Crippen molar-refractivity contribution in [2.75, 3.05) is 13.1 Å². The molecule has 2 aromatic carbocycles. The summed E-state index contributed by atoms with van der Waals surface area (Å²) in [6.07, 6.45) is 2.56. The van der Waals surface area contributed by atoms with E-state index in [-0.39, 0.29) is 12.0 Å². The van der Waals surface area contributed by atoms with E-state index in [4.69, 9.17) is 27.9 Å². The van der Waals surface area contributed by atoms with Crippen molar-refractivity contribution in [2.24, 2.45) is 0 Å². The van der Waals surface area contributed by atoms with E-state index >= 15 is 0 Å². The molecule has 2 aromatic rings. The van der Waals surface area contributed by atoms with Crippen LogP contribution >= 0.6 is 23.2 Å². The van der Waals surface area contributed by atoms with E-state index in [1.807, 2.05) is 61.2 Å². The third-order valence-electron chi connectivity index (χ3n) is 4.81. The molecule has 0 radical (unpaired) electrons. The number of carbonyl (C=O) groups is 1. The fourth-order valence-corrected chi connectivity index (χ4v) is 3.84. The molecule has 144 valence electrons. The molecule has 1 aliphatic heterocycles. The highest BCUT2D eigenvalue weighted by Crippen LogP contribution is 2.31. The molecule has 1 amide bonds. The number of piperidine rings is 1. The summed E-state index contributed by atoms with van der Waals surface area (Å²) in [5.74, 6) is 1.26. The second-order valence-electron chi connectivity index (χ2n) is 7.34. The van der Waals surface area contributed by atoms with E-state index < -0.39 is 0 Å². The molecule has 5 heteroatoms. The van der Waals surface area contributed by atoms with Crippen molar-refractivity contribution in [3.63, 3.8) is 0 Å². The lowest BCUT2D eigenvalue weighted by molar-refractivity contribution is -0.131. The predicted molar refractivity (Wildman–Crippen MR) is 111 cm³/mol. The molecular formula is C22H25Cl2NO2. The molecule has 27 heavy (non-hydrogen) atoms. The van der Waals surface area contributed by atoms with Crippen molar-refractivity contribution < 1.29 is 9.53 Å². The van der Waals surface area contributed by atoms with Gasteiger partial charge in [-0.3, -0.25) is 4.79 Å². The normalized spacial score (nSPS) is 17.2. The fourth-order valence-electron chi connectivity index (χ4n) is 3.53. The first kappa shape index (κ1) is 20.0. The molecule has 3 nitrogen and oxygen atoms in total. The van der Waals surface area contributed by atoms with Gasteiger partial charge in [0.1, 0.15) is 5.75 Å². The molecule has 1 heterocycles. The first-order chi connectivity index (χ1) is 12.9. The van der Waals surface area contributed by atoms with Crippen LogP contribution in [-0.2, 0) is 11.2 Å². The maximum absolute atomic E-state index is 12.8. The van der Waals surface area contributed by atoms with Crippen molar-refractivity contribution in [1.82, 2.24) is 4.90 Å². The zero-order valence-corrected chi connectivity index (χ0v) is 17.3. The van der Waals surface area contributed by atoms with Gasteiger partial charge >= 0.3 is 0 Å². The first-order valence-electron chi connectivity index (χ1n) is 9.40. The lowest BCUT2D eigenvalue weighted by atomic mass is 9.90. The summed E-state index contributed by atoms with van der Waals surface area (Å²) in [5, 5.41) is 1.13. The van der Waals surface area contributed by atoms with Crippen LogP contribution in [0.3, 0.4) is 0 Å². The van der Waals surface area contributed by atoms with Gasteiger partial charge in [-0.2, -0.15) is 0 Å². The van der Waals surface area contributed by atoms with E-state index in [9.17, 15) is 4.79 Å². The first-order valence-corrected chi connectivity index (χ1v) is 10.2. The fraction of sp³-hybridized carbons (Fsp3) is 0.409. The van der Waals surface area contributed by atoms with E-state index in [1.165, 1.54) is 0 Å². The summed E-state index contributed by atoms with van der Waals surface area (Å²) in [7, 11) is 0. The van der Waals surface area contributed by atoms with E-state index in [0.29, 0.717) is 22.4 Å². The largest absolute Gasteiger partial charge is 0.491 e. The number of halogens is 2. The molecule has 1 unspecified atom stereocenters. The lowest BCUT2D eigenvalue weighted by Gasteiger charge is -2.33. The number of amides is 1. The van der Waals surface area contributed by atoms with Crippen molar-refractivity contribution >= 4 is 29.1 Å². The third kappa shape index (κ3) is 5.40. The van der Waals surface area contributed by atoms with E-state index in [1.54, 1.807) is 0 Å². The molecule has 0 bridgehead atoms. The third-order valence-corrected chi connectivity index (χ3v) is 5.55. The smallest absolute Gasteiger partial charge is 0.227 e. The maximum atomic E-state index is 12.8. The molecule has 1 saturated heterocycles. The van der Waals surface area contributed by atoms with Crippen molar-refractivity contribution in [1.29, 1.82) is 0 Å². The predicted octanol–water partition coefficient (Wildman–Crippen LogP) is 5.73. The van der Waals surface area contributed by atoms with Gasteiger partial charge in [0.2, 0.25) is 5.91 Å². The van der Waals surface area contributed by atoms with Crippen LogP contribution in [0.5, 0.6) is 5.75 Å². The molecule has 0 aromatic heterocycles. The van der Waals surface area contributed by atoms with Gasteiger partial charge in [0.15, 0.2) is 0 Å². The summed E-state index contributed by atoms with van der Waals surface area (Å²) in [6.45, 7) is 5.52. The summed E-state index contributed by atoms with van der Waals surface area (Å²) >= 11 is 12.2. The number of ether oxygens (including phenoxy) is 1. The van der Waals surface area contributed by atoms with Crippen LogP contribution in [-0.4, -0.2) is 30.0 Å². The lowest BCUT2D eigenvalue weighted by Crippen LogP contribution is -2.39. The average Bonchev–Trinajstić information content (AvgIpc) is 2.64. The van der Waals surface area contributed by atoms with Crippen LogP contribution in [0.15, 0.2) is 42.5 Å². The van der Waals surface area contributed by atoms with Gasteiger partial charge in [-0.25, -0.2) is 0 Å². The van der Waals surface area contributed by atoms with Crippen LogP contribution in [0, 0.1) is 0 Å². The highest BCUT2D eigenvalue weighted by Gasteiger charge is 2.25. The van der Waals surface area contributed by atoms with E-state index in [2.05, 4.69) is 0 Å². The monoisotopic (exact) mass is 405 g/mol. The number of nitrogens with zero attached hydrogens (tertiary/aromatic N) is 1. The van der Waals surface area contributed by atoms with Gasteiger partial charge < -0.3 is 9.64 Å². The Morgan fingerprint density at radius 1 is 1.19 bits per heavy atom. The van der Waals surface area contributed by atoms with Gasteiger partial charge in [0.25, 0.3) is 0 Å². The number of hydrogen-bond acceptors (Lipinski definition) is 2. The molecule has 0 saturated carbocycles. The molecule has 1 fully saturated rings. The topological polar surface area (TPSA) is 29.5 Å². The summed E-state index contributed by atoms with van der Waals surface area (Å²) in [4.78, 5) is 14.8. The summed E-state index contributed by atoms with van der Waals surface area (Å²) in [6, 6.07) is 13.6. The Bertz CT molecular complexity index is 807. The van der Waals surface area contributed by atoms with Gasteiger partial charge in [-0.05, 0) is 62.1 Å². The Labute approximate surface area is 171 Å². The van der Waals surface area contributed by atoms with Crippen molar-refractivity contribution in [3.05, 3.63) is 63.6 Å². The number of rotatable bonds is 5. The van der Waals surface area contributed by atoms with Crippen molar-refractivity contribution in [2.45, 2.75) is 45.1 Å². The minimum atomic E-state index is 0.116. The standard InChI is InChI=1S/C22H25Cl2NO2/c1-15(2)27-19-7-3-5-16(11-19)12-22(26)25-10-4-6-18(14-25)17-8-9-20(23)21(24)13-17/h3,5,7-9,11,13,15,18H,4,6,10,12,14H2,1-2H3. The van der Waals surface area contributed by atoms with Crippen LogP contribution < -0.4 is 4.74 Å². The highest BCUT2D eigenvalue weighted by molar-refractivity contribution is 6.42. The SMILES string of the molecule is CC(C)Oc1cccc(CC(=O)N2CCCC(c3ccc(Cl)c(Cl)c3)C2)c1. The number of carbonyl (C=O) groups excluding carboxylic acids is 1. The Balaban J connectivity index is 1.65. The Morgan fingerprint density at radius 3 is 2.74 bits per heavy atom. The van der Waals surface area contributed by atoms with E-state index in [0.717, 1.165) is 42.8 Å². The summed E-state index contributed by atoms with van der Waals surface area (Å²) in [5.41, 5.74) is 2.13. The van der Waals surface area contributed by atoms with Gasteiger partial charge in [-0.1, -0.05) is 41.4 Å². The second kappa shape index (κ2) is 8.99. The molecule has 0 aliphatic carbocycles. The van der Waals surface area contributed by atoms with Gasteiger partial charge in [0, 0.05) is 19.0 Å². The minimum absolute atomic E-state index is 0.116. The van der Waals surface area contributed by atoms with Crippen LogP contribution in [0.2, 0.25) is 10.0 Å². The summed E-state index contributed by atoms with van der Waals surface area (Å²) < 4.78 is 5.73. The number of benzene rings is 2. The van der Waals surface area contributed by atoms with Gasteiger partial charge in [0.05, 0.1) is 22.6 Å². The zero-order valence-electron chi connectivity index (χ0n) is 15.8. The van der Waals surface area contributed by atoms with Crippen LogP contribution in [0.1, 0.15) is 43.7 Å². The second-order valence-corrected chi connectivity index (χ2v) is 8.16. The van der Waals surface area contributed by atoms with Crippen molar-refractivity contribution in [3.8, 4) is 5.75 Å². The van der Waals surface area contributed by atoms with Gasteiger partial charge in [-0.15, -0.1) is 0 Å². The average molecular weight is 406 g/mol. The maximum Gasteiger partial charge on any atom is 0.227 e. The number of likely N-dealkylation sites (tertiary alicyclic amines) is 1. The van der Waals surface area contributed by atoms with Crippen LogP contribution in [0.25, 0.3) is 0 Å². The van der Waals surface area contributed by atoms with Crippen LogP contribution in [0.4, 0.5) is 0 Å². The highest BCUT2D eigenvalue weighted by atomic mass is 35.5. The minimum Gasteiger partial charge on any atom is -0.491 e.